The van der Waals surface area contributed by atoms with E-state index in [0.29, 0.717) is 28.6 Å². The molecule has 2 heterocycles. The highest BCUT2D eigenvalue weighted by molar-refractivity contribution is 6.32. The number of fused-ring (bicyclic) bond motifs is 1. The molecule has 0 aliphatic heterocycles. The van der Waals surface area contributed by atoms with Crippen LogP contribution in [0.4, 0.5) is 0 Å². The molecular weight excluding hydrogens is 318 g/mol. The van der Waals surface area contributed by atoms with Crippen LogP contribution in [0.5, 0.6) is 5.75 Å². The topological polar surface area (TPSA) is 87.8 Å². The van der Waals surface area contributed by atoms with Crippen molar-refractivity contribution in [2.24, 2.45) is 0 Å². The van der Waals surface area contributed by atoms with Gasteiger partial charge in [-0.25, -0.2) is 9.78 Å². The van der Waals surface area contributed by atoms with Crippen molar-refractivity contribution in [3.8, 4) is 17.0 Å². The fourth-order valence-electron chi connectivity index (χ4n) is 2.38. The molecule has 0 fully saturated rings. The molecule has 0 saturated carbocycles. The van der Waals surface area contributed by atoms with Gasteiger partial charge in [0.05, 0.1) is 22.8 Å². The maximum atomic E-state index is 12.0. The van der Waals surface area contributed by atoms with Crippen molar-refractivity contribution in [1.82, 2.24) is 15.0 Å². The minimum Gasteiger partial charge on any atom is -0.492 e. The van der Waals surface area contributed by atoms with E-state index < -0.39 is 11.2 Å². The summed E-state index contributed by atoms with van der Waals surface area (Å²) >= 11 is 6.20. The first-order valence-corrected chi connectivity index (χ1v) is 7.44. The highest BCUT2D eigenvalue weighted by atomic mass is 35.5. The van der Waals surface area contributed by atoms with Crippen molar-refractivity contribution in [3.05, 3.63) is 55.7 Å². The SMILES string of the molecule is CCOc1ccc(-c2cc(C)c3[nH]c(=O)[nH]c(=O)c3n2)cc1Cl. The molecule has 0 aliphatic rings. The largest absolute Gasteiger partial charge is 0.492 e. The average Bonchev–Trinajstić information content (AvgIpc) is 2.50. The molecule has 0 aliphatic carbocycles. The van der Waals surface area contributed by atoms with E-state index in [1.165, 1.54) is 0 Å². The molecule has 3 aromatic rings. The average molecular weight is 332 g/mol. The number of aromatic amines is 2. The highest BCUT2D eigenvalue weighted by Crippen LogP contribution is 2.30. The Bertz CT molecular complexity index is 1010. The molecule has 1 aromatic carbocycles. The normalized spacial score (nSPS) is 10.9. The number of hydrogen-bond acceptors (Lipinski definition) is 4. The van der Waals surface area contributed by atoms with E-state index >= 15 is 0 Å². The van der Waals surface area contributed by atoms with Crippen molar-refractivity contribution in [1.29, 1.82) is 0 Å². The summed E-state index contributed by atoms with van der Waals surface area (Å²) in [7, 11) is 0. The summed E-state index contributed by atoms with van der Waals surface area (Å²) in [6.45, 7) is 4.21. The van der Waals surface area contributed by atoms with Gasteiger partial charge in [0.15, 0.2) is 5.52 Å². The number of benzene rings is 1. The van der Waals surface area contributed by atoms with E-state index in [9.17, 15) is 9.59 Å². The number of pyridine rings is 1. The third-order valence-corrected chi connectivity index (χ3v) is 3.72. The van der Waals surface area contributed by atoms with Gasteiger partial charge in [0.2, 0.25) is 0 Å². The third-order valence-electron chi connectivity index (χ3n) is 3.42. The molecule has 2 aromatic heterocycles. The summed E-state index contributed by atoms with van der Waals surface area (Å²) in [6.07, 6.45) is 0. The van der Waals surface area contributed by atoms with Crippen LogP contribution < -0.4 is 16.0 Å². The molecule has 23 heavy (non-hydrogen) atoms. The minimum atomic E-state index is -0.552. The van der Waals surface area contributed by atoms with Crippen LogP contribution in [0.25, 0.3) is 22.3 Å². The molecule has 7 heteroatoms. The monoisotopic (exact) mass is 331 g/mol. The molecule has 0 saturated heterocycles. The smallest absolute Gasteiger partial charge is 0.326 e. The van der Waals surface area contributed by atoms with Crippen LogP contribution in [0.3, 0.4) is 0 Å². The second kappa shape index (κ2) is 5.89. The molecule has 0 radical (unpaired) electrons. The molecule has 118 valence electrons. The molecule has 6 nitrogen and oxygen atoms in total. The number of rotatable bonds is 3. The summed E-state index contributed by atoms with van der Waals surface area (Å²) in [5.41, 5.74) is 1.64. The molecule has 3 rings (SSSR count). The van der Waals surface area contributed by atoms with Crippen LogP contribution in [0.2, 0.25) is 5.02 Å². The minimum absolute atomic E-state index is 0.185. The standard InChI is InChI=1S/C16H14ClN3O3/c1-3-23-12-5-4-9(7-10(12)17)11-6-8(2)13-14(18-11)15(21)20-16(22)19-13/h4-7H,3H2,1-2H3,(H2,19,20,21,22). The zero-order chi connectivity index (χ0) is 16.6. The van der Waals surface area contributed by atoms with Gasteiger partial charge in [-0.05, 0) is 43.7 Å². The lowest BCUT2D eigenvalue weighted by atomic mass is 10.1. The van der Waals surface area contributed by atoms with Crippen molar-refractivity contribution in [2.45, 2.75) is 13.8 Å². The lowest BCUT2D eigenvalue weighted by Gasteiger charge is -2.09. The first-order chi connectivity index (χ1) is 11.0. The quantitative estimate of drug-likeness (QED) is 0.772. The number of aromatic nitrogens is 3. The van der Waals surface area contributed by atoms with Crippen LogP contribution >= 0.6 is 11.6 Å². The number of hydrogen-bond donors (Lipinski definition) is 2. The van der Waals surface area contributed by atoms with E-state index in [1.54, 1.807) is 25.1 Å². The maximum Gasteiger partial charge on any atom is 0.326 e. The summed E-state index contributed by atoms with van der Waals surface area (Å²) < 4.78 is 5.41. The van der Waals surface area contributed by atoms with E-state index in [2.05, 4.69) is 15.0 Å². The van der Waals surface area contributed by atoms with E-state index in [0.717, 1.165) is 11.1 Å². The van der Waals surface area contributed by atoms with Gasteiger partial charge in [-0.15, -0.1) is 0 Å². The van der Waals surface area contributed by atoms with Gasteiger partial charge < -0.3 is 9.72 Å². The van der Waals surface area contributed by atoms with Gasteiger partial charge in [-0.3, -0.25) is 9.78 Å². The van der Waals surface area contributed by atoms with Gasteiger partial charge >= 0.3 is 5.69 Å². The Labute approximate surface area is 136 Å². The number of nitrogens with one attached hydrogen (secondary N) is 2. The second-order valence-corrected chi connectivity index (χ2v) is 5.44. The zero-order valence-corrected chi connectivity index (χ0v) is 13.3. The molecule has 2 N–H and O–H groups in total. The second-order valence-electron chi connectivity index (χ2n) is 5.03. The van der Waals surface area contributed by atoms with Gasteiger partial charge in [-0.2, -0.15) is 0 Å². The highest BCUT2D eigenvalue weighted by Gasteiger charge is 2.11. The number of nitrogens with zero attached hydrogens (tertiary/aromatic N) is 1. The molecule has 0 atom stereocenters. The van der Waals surface area contributed by atoms with Crippen LogP contribution in [0, 0.1) is 6.92 Å². The Hall–Kier alpha value is -2.60. The summed E-state index contributed by atoms with van der Waals surface area (Å²) in [4.78, 5) is 32.5. The summed E-state index contributed by atoms with van der Waals surface area (Å²) in [5.74, 6) is 0.595. The number of H-pyrrole nitrogens is 2. The molecule has 0 bridgehead atoms. The Balaban J connectivity index is 2.19. The summed E-state index contributed by atoms with van der Waals surface area (Å²) in [5, 5.41) is 0.472. The van der Waals surface area contributed by atoms with Crippen LogP contribution in [0.15, 0.2) is 33.9 Å². The van der Waals surface area contributed by atoms with Crippen molar-refractivity contribution in [2.75, 3.05) is 6.61 Å². The van der Waals surface area contributed by atoms with Crippen molar-refractivity contribution >= 4 is 22.6 Å². The lowest BCUT2D eigenvalue weighted by Crippen LogP contribution is -2.23. The third kappa shape index (κ3) is 2.85. The zero-order valence-electron chi connectivity index (χ0n) is 12.6. The van der Waals surface area contributed by atoms with Crippen LogP contribution in [0.1, 0.15) is 12.5 Å². The molecule has 0 amide bonds. The molecular formula is C16H14ClN3O3. The Morgan fingerprint density at radius 3 is 2.70 bits per heavy atom. The van der Waals surface area contributed by atoms with E-state index in [-0.39, 0.29) is 5.52 Å². The Kier molecular flexibility index (Phi) is 3.92. The molecule has 0 unspecified atom stereocenters. The molecule has 0 spiro atoms. The Morgan fingerprint density at radius 1 is 1.22 bits per heavy atom. The fraction of sp³-hybridized carbons (Fsp3) is 0.188. The number of ether oxygens (including phenoxy) is 1. The lowest BCUT2D eigenvalue weighted by molar-refractivity contribution is 0.340. The van der Waals surface area contributed by atoms with Crippen molar-refractivity contribution < 1.29 is 4.74 Å². The number of aryl methyl sites for hydroxylation is 1. The van der Waals surface area contributed by atoms with Crippen molar-refractivity contribution in [3.63, 3.8) is 0 Å². The maximum absolute atomic E-state index is 12.0. The van der Waals surface area contributed by atoms with E-state index in [1.807, 2.05) is 13.0 Å². The predicted octanol–water partition coefficient (Wildman–Crippen LogP) is 2.64. The van der Waals surface area contributed by atoms with E-state index in [4.69, 9.17) is 16.3 Å². The fourth-order valence-corrected chi connectivity index (χ4v) is 2.62. The number of halogens is 1. The van der Waals surface area contributed by atoms with Crippen LogP contribution in [-0.2, 0) is 0 Å². The first-order valence-electron chi connectivity index (χ1n) is 7.06. The first kappa shape index (κ1) is 15.3. The van der Waals surface area contributed by atoms with Crippen LogP contribution in [-0.4, -0.2) is 21.6 Å². The van der Waals surface area contributed by atoms with Gasteiger partial charge in [-0.1, -0.05) is 11.6 Å². The Morgan fingerprint density at radius 2 is 2.00 bits per heavy atom. The predicted molar refractivity (Wildman–Crippen MR) is 89.3 cm³/mol. The van der Waals surface area contributed by atoms with Gasteiger partial charge in [0, 0.05) is 5.56 Å². The van der Waals surface area contributed by atoms with Gasteiger partial charge in [0.25, 0.3) is 5.56 Å². The summed E-state index contributed by atoms with van der Waals surface area (Å²) in [6, 6.07) is 7.12. The van der Waals surface area contributed by atoms with Gasteiger partial charge in [0.1, 0.15) is 5.75 Å².